The van der Waals surface area contributed by atoms with E-state index in [4.69, 9.17) is 4.74 Å². The highest BCUT2D eigenvalue weighted by atomic mass is 79.9. The maximum atomic E-state index is 11.8. The zero-order chi connectivity index (χ0) is 13.2. The number of halogens is 1. The average molecular weight is 334 g/mol. The maximum Gasteiger partial charge on any atom is 0.214 e. The zero-order valence-corrected chi connectivity index (χ0v) is 12.6. The summed E-state index contributed by atoms with van der Waals surface area (Å²) in [5.74, 6) is 0.139. The highest BCUT2D eigenvalue weighted by Gasteiger charge is 2.28. The summed E-state index contributed by atoms with van der Waals surface area (Å²) in [6.45, 7) is 2.96. The summed E-state index contributed by atoms with van der Waals surface area (Å²) in [5, 5.41) is 0. The number of ether oxygens (including phenoxy) is 1. The molecule has 0 bridgehead atoms. The standard InChI is InChI=1S/C12H16BrNO3S/c1-2-18(15,16)14-7-8-17-12(9-14)10-3-5-11(13)6-4-10/h3-6,12H,2,7-9H2,1H3. The second-order valence-corrected chi connectivity index (χ2v) is 7.34. The van der Waals surface area contributed by atoms with Crippen LogP contribution in [0.2, 0.25) is 0 Å². The van der Waals surface area contributed by atoms with Crippen molar-refractivity contribution < 1.29 is 13.2 Å². The quantitative estimate of drug-likeness (QED) is 0.851. The summed E-state index contributed by atoms with van der Waals surface area (Å²) >= 11 is 3.38. The van der Waals surface area contributed by atoms with Gasteiger partial charge in [-0.15, -0.1) is 0 Å². The van der Waals surface area contributed by atoms with Crippen LogP contribution >= 0.6 is 15.9 Å². The average Bonchev–Trinajstić information content (AvgIpc) is 2.40. The van der Waals surface area contributed by atoms with Gasteiger partial charge in [-0.25, -0.2) is 8.42 Å². The highest BCUT2D eigenvalue weighted by Crippen LogP contribution is 2.25. The molecule has 1 unspecified atom stereocenters. The fraction of sp³-hybridized carbons (Fsp3) is 0.500. The maximum absolute atomic E-state index is 11.8. The molecule has 1 aliphatic rings. The van der Waals surface area contributed by atoms with E-state index in [1.807, 2.05) is 24.3 Å². The Kier molecular flexibility index (Phi) is 4.42. The van der Waals surface area contributed by atoms with Gasteiger partial charge < -0.3 is 4.74 Å². The van der Waals surface area contributed by atoms with E-state index in [0.717, 1.165) is 10.0 Å². The first-order valence-electron chi connectivity index (χ1n) is 5.88. The number of sulfonamides is 1. The van der Waals surface area contributed by atoms with Gasteiger partial charge in [0.2, 0.25) is 10.0 Å². The van der Waals surface area contributed by atoms with Crippen molar-refractivity contribution in [2.75, 3.05) is 25.4 Å². The van der Waals surface area contributed by atoms with Gasteiger partial charge in [-0.2, -0.15) is 4.31 Å². The number of rotatable bonds is 3. The van der Waals surface area contributed by atoms with Gasteiger partial charge in [0.1, 0.15) is 0 Å². The van der Waals surface area contributed by atoms with Crippen molar-refractivity contribution in [3.63, 3.8) is 0 Å². The van der Waals surface area contributed by atoms with Gasteiger partial charge in [0.15, 0.2) is 0 Å². The van der Waals surface area contributed by atoms with Gasteiger partial charge >= 0.3 is 0 Å². The van der Waals surface area contributed by atoms with Gasteiger partial charge in [0.25, 0.3) is 0 Å². The monoisotopic (exact) mass is 333 g/mol. The van der Waals surface area contributed by atoms with E-state index < -0.39 is 10.0 Å². The van der Waals surface area contributed by atoms with Crippen LogP contribution in [0.25, 0.3) is 0 Å². The highest BCUT2D eigenvalue weighted by molar-refractivity contribution is 9.10. The van der Waals surface area contributed by atoms with E-state index in [1.165, 1.54) is 4.31 Å². The summed E-state index contributed by atoms with van der Waals surface area (Å²) in [7, 11) is -3.13. The molecular weight excluding hydrogens is 318 g/mol. The Hall–Kier alpha value is -0.430. The van der Waals surface area contributed by atoms with Crippen molar-refractivity contribution in [3.05, 3.63) is 34.3 Å². The predicted octanol–water partition coefficient (Wildman–Crippen LogP) is 2.17. The van der Waals surface area contributed by atoms with Crippen LogP contribution < -0.4 is 0 Å². The molecule has 100 valence electrons. The van der Waals surface area contributed by atoms with E-state index in [0.29, 0.717) is 19.7 Å². The van der Waals surface area contributed by atoms with Crippen molar-refractivity contribution in [1.82, 2.24) is 4.31 Å². The molecule has 0 radical (unpaired) electrons. The lowest BCUT2D eigenvalue weighted by Crippen LogP contribution is -2.42. The number of benzene rings is 1. The number of hydrogen-bond donors (Lipinski definition) is 0. The topological polar surface area (TPSA) is 46.6 Å². The van der Waals surface area contributed by atoms with Crippen LogP contribution in [0.5, 0.6) is 0 Å². The van der Waals surface area contributed by atoms with E-state index >= 15 is 0 Å². The molecule has 2 rings (SSSR count). The van der Waals surface area contributed by atoms with Gasteiger partial charge in [-0.05, 0) is 24.6 Å². The second kappa shape index (κ2) is 5.69. The molecule has 0 spiro atoms. The largest absolute Gasteiger partial charge is 0.371 e. The lowest BCUT2D eigenvalue weighted by Gasteiger charge is -2.32. The van der Waals surface area contributed by atoms with Gasteiger partial charge in [0.05, 0.1) is 18.5 Å². The van der Waals surface area contributed by atoms with Crippen LogP contribution in [0.4, 0.5) is 0 Å². The normalized spacial score (nSPS) is 22.0. The molecule has 4 nitrogen and oxygen atoms in total. The smallest absolute Gasteiger partial charge is 0.214 e. The molecule has 1 aromatic rings. The zero-order valence-electron chi connectivity index (χ0n) is 10.2. The van der Waals surface area contributed by atoms with E-state index in [1.54, 1.807) is 6.92 Å². The number of nitrogens with zero attached hydrogens (tertiary/aromatic N) is 1. The minimum absolute atomic E-state index is 0.139. The van der Waals surface area contributed by atoms with Crippen LogP contribution in [0.15, 0.2) is 28.7 Å². The Balaban J connectivity index is 2.14. The van der Waals surface area contributed by atoms with E-state index in [9.17, 15) is 8.42 Å². The van der Waals surface area contributed by atoms with E-state index in [2.05, 4.69) is 15.9 Å². The van der Waals surface area contributed by atoms with Crippen molar-refractivity contribution in [2.45, 2.75) is 13.0 Å². The first-order valence-corrected chi connectivity index (χ1v) is 8.28. The lowest BCUT2D eigenvalue weighted by molar-refractivity contribution is -0.00250. The van der Waals surface area contributed by atoms with Gasteiger partial charge in [-0.1, -0.05) is 28.1 Å². The molecule has 1 atom stereocenters. The third-order valence-electron chi connectivity index (χ3n) is 3.03. The Morgan fingerprint density at radius 1 is 1.39 bits per heavy atom. The van der Waals surface area contributed by atoms with Crippen molar-refractivity contribution >= 4 is 26.0 Å². The fourth-order valence-corrected chi connectivity index (χ4v) is 3.28. The van der Waals surface area contributed by atoms with E-state index in [-0.39, 0.29) is 11.9 Å². The molecule has 1 aromatic carbocycles. The third-order valence-corrected chi connectivity index (χ3v) is 5.41. The first-order chi connectivity index (χ1) is 8.53. The van der Waals surface area contributed by atoms with Crippen LogP contribution in [0.1, 0.15) is 18.6 Å². The molecule has 0 aromatic heterocycles. The van der Waals surface area contributed by atoms with Crippen molar-refractivity contribution in [2.24, 2.45) is 0 Å². The molecule has 0 N–H and O–H groups in total. The Morgan fingerprint density at radius 3 is 2.67 bits per heavy atom. The van der Waals surface area contributed by atoms with Gasteiger partial charge in [0, 0.05) is 17.6 Å². The Bertz CT molecular complexity index is 501. The summed E-state index contributed by atoms with van der Waals surface area (Å²) < 4.78 is 31.9. The Labute approximate surface area is 116 Å². The predicted molar refractivity (Wildman–Crippen MR) is 73.9 cm³/mol. The molecule has 18 heavy (non-hydrogen) atoms. The second-order valence-electron chi connectivity index (χ2n) is 4.17. The SMILES string of the molecule is CCS(=O)(=O)N1CCOC(c2ccc(Br)cc2)C1. The number of hydrogen-bond acceptors (Lipinski definition) is 3. The summed E-state index contributed by atoms with van der Waals surface area (Å²) in [6.07, 6.45) is -0.173. The van der Waals surface area contributed by atoms with Crippen molar-refractivity contribution in [1.29, 1.82) is 0 Å². The van der Waals surface area contributed by atoms with Gasteiger partial charge in [-0.3, -0.25) is 0 Å². The molecule has 1 saturated heterocycles. The third kappa shape index (κ3) is 3.12. The summed E-state index contributed by atoms with van der Waals surface area (Å²) in [6, 6.07) is 7.78. The lowest BCUT2D eigenvalue weighted by atomic mass is 10.1. The molecule has 0 saturated carbocycles. The minimum atomic E-state index is -3.13. The van der Waals surface area contributed by atoms with Crippen molar-refractivity contribution in [3.8, 4) is 0 Å². The van der Waals surface area contributed by atoms with Crippen LogP contribution in [0, 0.1) is 0 Å². The molecule has 0 amide bonds. The summed E-state index contributed by atoms with van der Waals surface area (Å²) in [5.41, 5.74) is 1.01. The van der Waals surface area contributed by atoms with Crippen LogP contribution in [-0.4, -0.2) is 38.2 Å². The molecule has 1 aliphatic heterocycles. The minimum Gasteiger partial charge on any atom is -0.371 e. The molecule has 6 heteroatoms. The number of morpholine rings is 1. The molecule has 1 fully saturated rings. The van der Waals surface area contributed by atoms with Crippen LogP contribution in [-0.2, 0) is 14.8 Å². The Morgan fingerprint density at radius 2 is 2.06 bits per heavy atom. The molecule has 0 aliphatic carbocycles. The molecule has 1 heterocycles. The summed E-state index contributed by atoms with van der Waals surface area (Å²) in [4.78, 5) is 0. The first kappa shape index (κ1) is 14.0. The fourth-order valence-electron chi connectivity index (χ4n) is 1.94. The van der Waals surface area contributed by atoms with Crippen LogP contribution in [0.3, 0.4) is 0 Å². The molecular formula is C12H16BrNO3S.